The highest BCUT2D eigenvalue weighted by atomic mass is 32.2. The second-order valence-corrected chi connectivity index (χ2v) is 7.40. The largest absolute Gasteiger partial charge is 0.352 e. The molecule has 118 valence electrons. The van der Waals surface area contributed by atoms with Crippen LogP contribution in [0.5, 0.6) is 0 Å². The maximum Gasteiger partial charge on any atom is 0.262 e. The van der Waals surface area contributed by atoms with E-state index in [4.69, 9.17) is 0 Å². The zero-order valence-electron chi connectivity index (χ0n) is 11.6. The van der Waals surface area contributed by atoms with Crippen molar-refractivity contribution in [2.45, 2.75) is 18.8 Å². The van der Waals surface area contributed by atoms with Crippen LogP contribution in [-0.2, 0) is 14.8 Å². The van der Waals surface area contributed by atoms with E-state index in [1.807, 2.05) is 0 Å². The molecular formula is C14H14F2N2O3S. The lowest BCUT2D eigenvalue weighted by molar-refractivity contribution is -0.111. The van der Waals surface area contributed by atoms with Gasteiger partial charge >= 0.3 is 0 Å². The number of carbonyl (C=O) groups excluding carboxylic acids is 1. The van der Waals surface area contributed by atoms with Gasteiger partial charge in [-0.3, -0.25) is 4.79 Å². The molecule has 0 atom stereocenters. The molecule has 0 spiro atoms. The van der Waals surface area contributed by atoms with Gasteiger partial charge in [-0.1, -0.05) is 12.7 Å². The lowest BCUT2D eigenvalue weighted by Gasteiger charge is -2.17. The maximum absolute atomic E-state index is 13.2. The average molecular weight is 328 g/mol. The molecule has 0 amide bonds. The van der Waals surface area contributed by atoms with Crippen molar-refractivity contribution in [1.29, 1.82) is 0 Å². The summed E-state index contributed by atoms with van der Waals surface area (Å²) in [6.07, 6.45) is 3.82. The van der Waals surface area contributed by atoms with Gasteiger partial charge in [0, 0.05) is 30.7 Å². The van der Waals surface area contributed by atoms with E-state index in [1.165, 1.54) is 18.2 Å². The van der Waals surface area contributed by atoms with Crippen LogP contribution in [0.3, 0.4) is 0 Å². The number of hydrogen-bond donors (Lipinski definition) is 1. The van der Waals surface area contributed by atoms with E-state index in [0.717, 1.165) is 4.31 Å². The summed E-state index contributed by atoms with van der Waals surface area (Å²) in [6.45, 7) is 2.57. The molecule has 22 heavy (non-hydrogen) atoms. The molecule has 0 saturated carbocycles. The fraction of sp³-hybridized carbons (Fsp3) is 0.357. The summed E-state index contributed by atoms with van der Waals surface area (Å²) < 4.78 is 52.2. The Morgan fingerprint density at radius 2 is 2.05 bits per heavy atom. The summed E-state index contributed by atoms with van der Waals surface area (Å²) in [4.78, 5) is 11.8. The minimum absolute atomic E-state index is 0.000174. The van der Waals surface area contributed by atoms with Gasteiger partial charge in [-0.05, 0) is 12.2 Å². The smallest absolute Gasteiger partial charge is 0.262 e. The number of halogens is 2. The van der Waals surface area contributed by atoms with Crippen LogP contribution in [0.4, 0.5) is 8.78 Å². The number of carbonyl (C=O) groups is 1. The molecule has 2 heterocycles. The number of fused-ring (bicyclic) bond motifs is 1. The second-order valence-electron chi connectivity index (χ2n) is 5.41. The third kappa shape index (κ3) is 2.42. The predicted molar refractivity (Wildman–Crippen MR) is 76.2 cm³/mol. The summed E-state index contributed by atoms with van der Waals surface area (Å²) in [6, 6.07) is 0. The zero-order valence-corrected chi connectivity index (χ0v) is 12.4. The Labute approximate surface area is 126 Å². The van der Waals surface area contributed by atoms with Gasteiger partial charge in [0.2, 0.25) is 15.8 Å². The highest BCUT2D eigenvalue weighted by Gasteiger charge is 2.44. The number of ketones is 1. The summed E-state index contributed by atoms with van der Waals surface area (Å²) in [5.74, 6) is -3.27. The molecule has 5 nitrogen and oxygen atoms in total. The molecule has 0 bridgehead atoms. The van der Waals surface area contributed by atoms with Crippen LogP contribution < -0.4 is 5.32 Å². The van der Waals surface area contributed by atoms with Gasteiger partial charge < -0.3 is 5.32 Å². The maximum atomic E-state index is 13.2. The van der Waals surface area contributed by atoms with Gasteiger partial charge in [-0.2, -0.15) is 4.31 Å². The molecule has 2 aliphatic heterocycles. The number of rotatable bonds is 2. The number of allylic oxidation sites excluding steroid dienone is 6. The summed E-state index contributed by atoms with van der Waals surface area (Å²) in [5.41, 5.74) is 1.07. The molecule has 1 N–H and O–H groups in total. The van der Waals surface area contributed by atoms with Gasteiger partial charge in [0.25, 0.3) is 5.92 Å². The molecule has 3 rings (SSSR count). The van der Waals surface area contributed by atoms with Gasteiger partial charge in [0.1, 0.15) is 0 Å². The Hall–Kier alpha value is -1.80. The Kier molecular flexibility index (Phi) is 3.33. The van der Waals surface area contributed by atoms with Gasteiger partial charge in [0.15, 0.2) is 0 Å². The van der Waals surface area contributed by atoms with E-state index in [1.54, 1.807) is 0 Å². The molecule has 0 aromatic rings. The SMILES string of the molecule is C=C1NC2=CC=C(S(=O)(=O)N3CCC(F)(F)C3)CC=C2C1=O. The number of Topliss-reactive ketones (excluding diaryl/α,β-unsaturated/α-hetero) is 1. The van der Waals surface area contributed by atoms with E-state index in [2.05, 4.69) is 11.9 Å². The summed E-state index contributed by atoms with van der Waals surface area (Å²) in [7, 11) is -3.95. The lowest BCUT2D eigenvalue weighted by atomic mass is 10.1. The molecule has 0 unspecified atom stereocenters. The molecule has 2 fully saturated rings. The molecule has 0 aromatic heterocycles. The van der Waals surface area contributed by atoms with E-state index in [-0.39, 0.29) is 29.4 Å². The van der Waals surface area contributed by atoms with Crippen LogP contribution in [0.1, 0.15) is 12.8 Å². The zero-order chi connectivity index (χ0) is 16.1. The Morgan fingerprint density at radius 3 is 2.68 bits per heavy atom. The molecule has 0 radical (unpaired) electrons. The van der Waals surface area contributed by atoms with Gasteiger partial charge in [0.05, 0.1) is 17.1 Å². The quantitative estimate of drug-likeness (QED) is 0.779. The first-order valence-corrected chi connectivity index (χ1v) is 8.15. The topological polar surface area (TPSA) is 66.5 Å². The van der Waals surface area contributed by atoms with Crippen LogP contribution in [-0.4, -0.2) is 37.5 Å². The Bertz CT molecular complexity index is 763. The fourth-order valence-electron chi connectivity index (χ4n) is 2.62. The van der Waals surface area contributed by atoms with Crippen LogP contribution in [0.2, 0.25) is 0 Å². The number of alkyl halides is 2. The minimum Gasteiger partial charge on any atom is -0.352 e. The molecule has 3 aliphatic rings. The Balaban J connectivity index is 1.90. The van der Waals surface area contributed by atoms with Crippen molar-refractivity contribution in [3.63, 3.8) is 0 Å². The summed E-state index contributed by atoms with van der Waals surface area (Å²) in [5, 5.41) is 2.78. The predicted octanol–water partition coefficient (Wildman–Crippen LogP) is 1.44. The van der Waals surface area contributed by atoms with Crippen LogP contribution in [0, 0.1) is 0 Å². The van der Waals surface area contributed by atoms with Crippen LogP contribution in [0.15, 0.2) is 46.7 Å². The fourth-order valence-corrected chi connectivity index (χ4v) is 4.18. The van der Waals surface area contributed by atoms with Crippen molar-refractivity contribution in [3.05, 3.63) is 46.7 Å². The standard InChI is InChI=1S/C14H14F2N2O3S/c1-9-13(19)11-4-2-10(3-5-12(11)17-9)22(20,21)18-7-6-14(15,16)8-18/h3-5,17H,1-2,6-8H2. The van der Waals surface area contributed by atoms with E-state index < -0.39 is 28.9 Å². The highest BCUT2D eigenvalue weighted by Crippen LogP contribution is 2.33. The first-order valence-electron chi connectivity index (χ1n) is 6.71. The average Bonchev–Trinajstić information content (AvgIpc) is 2.83. The van der Waals surface area contributed by atoms with Crippen LogP contribution in [0.25, 0.3) is 0 Å². The highest BCUT2D eigenvalue weighted by molar-refractivity contribution is 7.93. The van der Waals surface area contributed by atoms with Crippen LogP contribution >= 0.6 is 0 Å². The molecule has 1 aliphatic carbocycles. The molecule has 0 aromatic carbocycles. The normalized spacial score (nSPS) is 25.1. The van der Waals surface area contributed by atoms with E-state index >= 15 is 0 Å². The van der Waals surface area contributed by atoms with Crippen molar-refractivity contribution in [1.82, 2.24) is 9.62 Å². The first-order chi connectivity index (χ1) is 10.2. The van der Waals surface area contributed by atoms with Crippen molar-refractivity contribution >= 4 is 15.8 Å². The minimum atomic E-state index is -3.95. The molecule has 8 heteroatoms. The monoisotopic (exact) mass is 328 g/mol. The number of hydrogen-bond acceptors (Lipinski definition) is 4. The van der Waals surface area contributed by atoms with Crippen molar-refractivity contribution in [3.8, 4) is 0 Å². The molecular weight excluding hydrogens is 314 g/mol. The first kappa shape index (κ1) is 15.1. The second kappa shape index (κ2) is 4.85. The number of sulfonamides is 1. The third-order valence-corrected chi connectivity index (χ3v) is 5.80. The summed E-state index contributed by atoms with van der Waals surface area (Å²) >= 11 is 0. The van der Waals surface area contributed by atoms with E-state index in [0.29, 0.717) is 11.3 Å². The van der Waals surface area contributed by atoms with Gasteiger partial charge in [-0.15, -0.1) is 0 Å². The number of nitrogens with zero attached hydrogens (tertiary/aromatic N) is 1. The molecule has 2 saturated heterocycles. The van der Waals surface area contributed by atoms with Crippen molar-refractivity contribution in [2.75, 3.05) is 13.1 Å². The number of nitrogens with one attached hydrogen (secondary N) is 1. The third-order valence-electron chi connectivity index (χ3n) is 3.84. The lowest BCUT2D eigenvalue weighted by Crippen LogP contribution is -2.32. The Morgan fingerprint density at radius 1 is 1.32 bits per heavy atom. The van der Waals surface area contributed by atoms with E-state index in [9.17, 15) is 22.0 Å². The van der Waals surface area contributed by atoms with Crippen molar-refractivity contribution in [2.24, 2.45) is 0 Å². The van der Waals surface area contributed by atoms with Crippen molar-refractivity contribution < 1.29 is 22.0 Å². The van der Waals surface area contributed by atoms with Gasteiger partial charge in [-0.25, -0.2) is 17.2 Å².